The molecule has 1 amide bonds. The van der Waals surface area contributed by atoms with E-state index in [1.54, 1.807) is 0 Å². The van der Waals surface area contributed by atoms with Crippen molar-refractivity contribution >= 4 is 11.6 Å². The smallest absolute Gasteiger partial charge is 0.239 e. The molecule has 3 aliphatic heterocycles. The molecule has 2 aromatic rings. The van der Waals surface area contributed by atoms with Crippen molar-refractivity contribution in [1.82, 2.24) is 0 Å². The number of benzene rings is 2. The highest BCUT2D eigenvalue weighted by atomic mass is 16.5. The molecule has 1 spiro atoms. The van der Waals surface area contributed by atoms with Crippen molar-refractivity contribution < 1.29 is 14.3 Å². The van der Waals surface area contributed by atoms with E-state index in [4.69, 9.17) is 9.47 Å². The first-order valence-electron chi connectivity index (χ1n) is 7.63. The number of rotatable bonds is 0. The molecule has 0 aromatic heterocycles. The fourth-order valence-electron chi connectivity index (χ4n) is 3.94. The number of hydrogen-bond donors (Lipinski definition) is 1. The number of nitrogens with one attached hydrogen (secondary N) is 1. The topological polar surface area (TPSA) is 47.6 Å². The first-order chi connectivity index (χ1) is 10.8. The van der Waals surface area contributed by atoms with E-state index in [1.165, 1.54) is 5.56 Å². The predicted molar refractivity (Wildman–Crippen MR) is 81.6 cm³/mol. The fourth-order valence-corrected chi connectivity index (χ4v) is 3.94. The molecular formula is C18H15NO3. The first-order valence-corrected chi connectivity index (χ1v) is 7.63. The molecule has 3 aliphatic rings. The van der Waals surface area contributed by atoms with Crippen LogP contribution in [0.25, 0.3) is 0 Å². The zero-order chi connectivity index (χ0) is 14.7. The van der Waals surface area contributed by atoms with Crippen LogP contribution in [0.3, 0.4) is 0 Å². The van der Waals surface area contributed by atoms with E-state index >= 15 is 0 Å². The second-order valence-electron chi connectivity index (χ2n) is 6.06. The van der Waals surface area contributed by atoms with Crippen LogP contribution in [0, 0.1) is 0 Å². The summed E-state index contributed by atoms with van der Waals surface area (Å²) in [5.41, 5.74) is 3.49. The Morgan fingerprint density at radius 2 is 1.86 bits per heavy atom. The maximum atomic E-state index is 12.9. The standard InChI is InChI=1S/C18H15NO3/c20-17-18(12-3-1-2-4-14(12)19-17)6-8-22-16-10-15-11(5-7-21-15)9-13(16)18/h1-4,9-10H,5-8H2,(H,19,20). The van der Waals surface area contributed by atoms with Crippen molar-refractivity contribution in [2.75, 3.05) is 18.5 Å². The van der Waals surface area contributed by atoms with E-state index in [0.717, 1.165) is 34.7 Å². The Labute approximate surface area is 128 Å². The second-order valence-corrected chi connectivity index (χ2v) is 6.06. The lowest BCUT2D eigenvalue weighted by Crippen LogP contribution is -2.40. The minimum absolute atomic E-state index is 0.0529. The quantitative estimate of drug-likeness (QED) is 0.812. The number of amides is 1. The van der Waals surface area contributed by atoms with Gasteiger partial charge in [-0.2, -0.15) is 0 Å². The van der Waals surface area contributed by atoms with Gasteiger partial charge >= 0.3 is 0 Å². The Kier molecular flexibility index (Phi) is 2.22. The fraction of sp³-hybridized carbons (Fsp3) is 0.278. The lowest BCUT2D eigenvalue weighted by Gasteiger charge is -2.34. The maximum Gasteiger partial charge on any atom is 0.239 e. The van der Waals surface area contributed by atoms with E-state index < -0.39 is 5.41 Å². The molecule has 4 nitrogen and oxygen atoms in total. The van der Waals surface area contributed by atoms with Crippen LogP contribution in [-0.4, -0.2) is 19.1 Å². The van der Waals surface area contributed by atoms with Gasteiger partial charge in [-0.25, -0.2) is 0 Å². The normalized spacial score (nSPS) is 24.1. The van der Waals surface area contributed by atoms with Crippen LogP contribution in [-0.2, 0) is 16.6 Å². The minimum Gasteiger partial charge on any atom is -0.493 e. The monoisotopic (exact) mass is 293 g/mol. The summed E-state index contributed by atoms with van der Waals surface area (Å²) in [6.45, 7) is 1.24. The molecule has 1 unspecified atom stereocenters. The van der Waals surface area contributed by atoms with E-state index in [0.29, 0.717) is 19.6 Å². The molecule has 2 aromatic carbocycles. The van der Waals surface area contributed by atoms with Crippen molar-refractivity contribution in [2.45, 2.75) is 18.3 Å². The third-order valence-corrected chi connectivity index (χ3v) is 5.01. The Balaban J connectivity index is 1.80. The van der Waals surface area contributed by atoms with Gasteiger partial charge < -0.3 is 14.8 Å². The zero-order valence-electron chi connectivity index (χ0n) is 12.0. The second kappa shape index (κ2) is 4.03. The summed E-state index contributed by atoms with van der Waals surface area (Å²) >= 11 is 0. The van der Waals surface area contributed by atoms with Crippen LogP contribution in [0.15, 0.2) is 36.4 Å². The molecule has 0 saturated heterocycles. The van der Waals surface area contributed by atoms with Crippen molar-refractivity contribution in [3.05, 3.63) is 53.1 Å². The largest absolute Gasteiger partial charge is 0.493 e. The van der Waals surface area contributed by atoms with Crippen molar-refractivity contribution in [1.29, 1.82) is 0 Å². The number of carbonyl (C=O) groups is 1. The molecular weight excluding hydrogens is 278 g/mol. The van der Waals surface area contributed by atoms with E-state index in [-0.39, 0.29) is 5.91 Å². The number of fused-ring (bicyclic) bond motifs is 5. The molecule has 0 fully saturated rings. The molecule has 0 aliphatic carbocycles. The molecule has 22 heavy (non-hydrogen) atoms. The third kappa shape index (κ3) is 1.35. The SMILES string of the molecule is O=C1Nc2ccccc2C12CCOc1cc3c(cc12)CCO3. The number of anilines is 1. The number of ether oxygens (including phenoxy) is 2. The highest BCUT2D eigenvalue weighted by Gasteiger charge is 2.51. The summed E-state index contributed by atoms with van der Waals surface area (Å²) in [4.78, 5) is 12.9. The molecule has 0 radical (unpaired) electrons. The van der Waals surface area contributed by atoms with Crippen LogP contribution in [0.1, 0.15) is 23.1 Å². The van der Waals surface area contributed by atoms with Crippen LogP contribution in [0.2, 0.25) is 0 Å². The summed E-state index contributed by atoms with van der Waals surface area (Å²) in [6.07, 6.45) is 1.56. The van der Waals surface area contributed by atoms with Crippen LogP contribution < -0.4 is 14.8 Å². The van der Waals surface area contributed by atoms with Gasteiger partial charge in [-0.3, -0.25) is 4.79 Å². The Morgan fingerprint density at radius 3 is 2.82 bits per heavy atom. The van der Waals surface area contributed by atoms with Gasteiger partial charge in [0.15, 0.2) is 0 Å². The molecule has 0 saturated carbocycles. The van der Waals surface area contributed by atoms with Gasteiger partial charge in [0, 0.05) is 30.2 Å². The molecule has 4 heteroatoms. The van der Waals surface area contributed by atoms with Crippen LogP contribution in [0.5, 0.6) is 11.5 Å². The highest BCUT2D eigenvalue weighted by molar-refractivity contribution is 6.09. The Hall–Kier alpha value is -2.49. The van der Waals surface area contributed by atoms with Gasteiger partial charge in [-0.1, -0.05) is 18.2 Å². The van der Waals surface area contributed by atoms with E-state index in [1.807, 2.05) is 30.3 Å². The average molecular weight is 293 g/mol. The predicted octanol–water partition coefficient (Wildman–Crippen LogP) is 2.64. The average Bonchev–Trinajstić information content (AvgIpc) is 3.09. The summed E-state index contributed by atoms with van der Waals surface area (Å²) in [5.74, 6) is 1.72. The van der Waals surface area contributed by atoms with Gasteiger partial charge in [0.1, 0.15) is 16.9 Å². The third-order valence-electron chi connectivity index (χ3n) is 5.01. The van der Waals surface area contributed by atoms with Crippen molar-refractivity contribution in [3.8, 4) is 11.5 Å². The maximum absolute atomic E-state index is 12.9. The summed E-state index contributed by atoms with van der Waals surface area (Å²) in [6, 6.07) is 12.0. The molecule has 5 rings (SSSR count). The zero-order valence-corrected chi connectivity index (χ0v) is 12.0. The molecule has 110 valence electrons. The molecule has 1 atom stereocenters. The van der Waals surface area contributed by atoms with Gasteiger partial charge in [-0.05, 0) is 23.3 Å². The lowest BCUT2D eigenvalue weighted by atomic mass is 9.71. The molecule has 1 N–H and O–H groups in total. The number of para-hydroxylation sites is 1. The molecule has 0 bridgehead atoms. The first kappa shape index (κ1) is 12.1. The van der Waals surface area contributed by atoms with Gasteiger partial charge in [-0.15, -0.1) is 0 Å². The molecule has 3 heterocycles. The highest BCUT2D eigenvalue weighted by Crippen LogP contribution is 2.51. The lowest BCUT2D eigenvalue weighted by molar-refractivity contribution is -0.120. The van der Waals surface area contributed by atoms with Crippen LogP contribution in [0.4, 0.5) is 5.69 Å². The van der Waals surface area contributed by atoms with E-state index in [9.17, 15) is 4.79 Å². The summed E-state index contributed by atoms with van der Waals surface area (Å²) < 4.78 is 11.5. The van der Waals surface area contributed by atoms with Gasteiger partial charge in [0.2, 0.25) is 5.91 Å². The Morgan fingerprint density at radius 1 is 1.00 bits per heavy atom. The number of hydrogen-bond acceptors (Lipinski definition) is 3. The van der Waals surface area contributed by atoms with Crippen LogP contribution >= 0.6 is 0 Å². The Bertz CT molecular complexity index is 814. The number of carbonyl (C=O) groups excluding carboxylic acids is 1. The summed E-state index contributed by atoms with van der Waals surface area (Å²) in [7, 11) is 0. The van der Waals surface area contributed by atoms with Crippen molar-refractivity contribution in [3.63, 3.8) is 0 Å². The minimum atomic E-state index is -0.623. The van der Waals surface area contributed by atoms with E-state index in [2.05, 4.69) is 11.4 Å². The van der Waals surface area contributed by atoms with Crippen molar-refractivity contribution in [2.24, 2.45) is 0 Å². The summed E-state index contributed by atoms with van der Waals surface area (Å²) in [5, 5.41) is 3.04. The van der Waals surface area contributed by atoms with Gasteiger partial charge in [0.25, 0.3) is 0 Å². The van der Waals surface area contributed by atoms with Gasteiger partial charge in [0.05, 0.1) is 13.2 Å².